The highest BCUT2D eigenvalue weighted by Gasteiger charge is 2.08. The van der Waals surface area contributed by atoms with Gasteiger partial charge in [-0.15, -0.1) is 0 Å². The van der Waals surface area contributed by atoms with Crippen molar-refractivity contribution in [1.82, 2.24) is 10.3 Å². The molecule has 0 atom stereocenters. The van der Waals surface area contributed by atoms with Gasteiger partial charge >= 0.3 is 0 Å². The number of pyridine rings is 1. The highest BCUT2D eigenvalue weighted by molar-refractivity contribution is 6.04. The molecule has 6 nitrogen and oxygen atoms in total. The fraction of sp³-hybridized carbons (Fsp3) is 0.107. The highest BCUT2D eigenvalue weighted by atomic mass is 16.2. The van der Waals surface area contributed by atoms with Gasteiger partial charge in [-0.1, -0.05) is 66.7 Å². The summed E-state index contributed by atoms with van der Waals surface area (Å²) in [7, 11) is 0. The largest absolute Gasteiger partial charge is 0.384 e. The van der Waals surface area contributed by atoms with Crippen molar-refractivity contribution in [2.24, 2.45) is 0 Å². The number of carbonyl (C=O) groups is 2. The first kappa shape index (κ1) is 22.7. The highest BCUT2D eigenvalue weighted by Crippen LogP contribution is 2.20. The second-order valence-corrected chi connectivity index (χ2v) is 7.96. The van der Waals surface area contributed by atoms with E-state index in [-0.39, 0.29) is 11.8 Å². The predicted octanol–water partition coefficient (Wildman–Crippen LogP) is 4.83. The molecular formula is C28H26N4O2. The van der Waals surface area contributed by atoms with Crippen LogP contribution in [0.4, 0.5) is 11.5 Å². The lowest BCUT2D eigenvalue weighted by atomic mass is 10.0. The number of hydrogen-bond donors (Lipinski definition) is 3. The standard InChI is InChI=1S/C28H26N4O2/c29-26-18-25(15-16-30-26)32-28(34)23-12-9-21(10-13-23)19-31-27(33)14-11-20-5-4-8-24(17-20)22-6-2-1-3-7-22/h1-10,12-13,15-18H,11,14,19H2,(H,31,33)(H3,29,30,32,34). The molecule has 0 bridgehead atoms. The second-order valence-electron chi connectivity index (χ2n) is 7.96. The van der Waals surface area contributed by atoms with E-state index in [0.717, 1.165) is 22.3 Å². The zero-order valence-corrected chi connectivity index (χ0v) is 18.7. The van der Waals surface area contributed by atoms with Crippen molar-refractivity contribution in [3.05, 3.63) is 114 Å². The molecule has 0 aliphatic rings. The summed E-state index contributed by atoms with van der Waals surface area (Å²) in [6.45, 7) is 0.408. The molecule has 4 N–H and O–H groups in total. The zero-order valence-electron chi connectivity index (χ0n) is 18.7. The third-order valence-corrected chi connectivity index (χ3v) is 5.42. The minimum absolute atomic E-state index is 0.0118. The quantitative estimate of drug-likeness (QED) is 0.358. The van der Waals surface area contributed by atoms with Crippen LogP contribution in [0.3, 0.4) is 0 Å². The number of aryl methyl sites for hydroxylation is 1. The molecule has 0 saturated carbocycles. The number of nitrogen functional groups attached to an aromatic ring is 1. The van der Waals surface area contributed by atoms with E-state index in [1.165, 1.54) is 6.20 Å². The summed E-state index contributed by atoms with van der Waals surface area (Å²) in [5, 5.41) is 5.74. The number of carbonyl (C=O) groups excluding carboxylic acids is 2. The molecule has 0 unspecified atom stereocenters. The second kappa shape index (κ2) is 10.9. The maximum atomic E-state index is 12.4. The first-order valence-electron chi connectivity index (χ1n) is 11.1. The number of nitrogens with zero attached hydrogens (tertiary/aromatic N) is 1. The van der Waals surface area contributed by atoms with E-state index >= 15 is 0 Å². The van der Waals surface area contributed by atoms with Crippen molar-refractivity contribution >= 4 is 23.3 Å². The Morgan fingerprint density at radius 1 is 0.794 bits per heavy atom. The van der Waals surface area contributed by atoms with Gasteiger partial charge in [0, 0.05) is 36.5 Å². The van der Waals surface area contributed by atoms with Gasteiger partial charge in [0.05, 0.1) is 0 Å². The van der Waals surface area contributed by atoms with Crippen molar-refractivity contribution in [2.45, 2.75) is 19.4 Å². The minimum Gasteiger partial charge on any atom is -0.384 e. The van der Waals surface area contributed by atoms with Gasteiger partial charge < -0.3 is 16.4 Å². The van der Waals surface area contributed by atoms with Gasteiger partial charge in [-0.2, -0.15) is 0 Å². The van der Waals surface area contributed by atoms with E-state index in [4.69, 9.17) is 5.73 Å². The van der Waals surface area contributed by atoms with Gasteiger partial charge in [0.2, 0.25) is 5.91 Å². The first-order chi connectivity index (χ1) is 16.6. The maximum absolute atomic E-state index is 12.4. The SMILES string of the molecule is Nc1cc(NC(=O)c2ccc(CNC(=O)CCc3cccc(-c4ccccc4)c3)cc2)ccn1. The summed E-state index contributed by atoms with van der Waals surface area (Å²) in [6.07, 6.45) is 2.62. The third-order valence-electron chi connectivity index (χ3n) is 5.42. The van der Waals surface area contributed by atoms with Crippen LogP contribution in [0.2, 0.25) is 0 Å². The molecule has 0 radical (unpaired) electrons. The van der Waals surface area contributed by atoms with Gasteiger partial charge in [-0.3, -0.25) is 9.59 Å². The molecule has 4 rings (SSSR count). The molecule has 1 aromatic heterocycles. The molecule has 3 aromatic carbocycles. The number of anilines is 2. The maximum Gasteiger partial charge on any atom is 0.255 e. The lowest BCUT2D eigenvalue weighted by Gasteiger charge is -2.09. The van der Waals surface area contributed by atoms with Crippen LogP contribution in [0, 0.1) is 0 Å². The molecule has 1 heterocycles. The van der Waals surface area contributed by atoms with Crippen LogP contribution < -0.4 is 16.4 Å². The van der Waals surface area contributed by atoms with E-state index in [2.05, 4.69) is 39.9 Å². The van der Waals surface area contributed by atoms with Crippen molar-refractivity contribution in [3.8, 4) is 11.1 Å². The average Bonchev–Trinajstić information content (AvgIpc) is 2.87. The van der Waals surface area contributed by atoms with E-state index in [1.54, 1.807) is 24.3 Å². The summed E-state index contributed by atoms with van der Waals surface area (Å²) in [4.78, 5) is 28.7. The van der Waals surface area contributed by atoms with E-state index in [1.807, 2.05) is 42.5 Å². The molecule has 0 aliphatic carbocycles. The molecule has 2 amide bonds. The summed E-state index contributed by atoms with van der Waals surface area (Å²) >= 11 is 0. The van der Waals surface area contributed by atoms with Crippen LogP contribution >= 0.6 is 0 Å². The van der Waals surface area contributed by atoms with Gasteiger partial charge in [-0.05, 0) is 46.9 Å². The Kier molecular flexibility index (Phi) is 7.30. The lowest BCUT2D eigenvalue weighted by Crippen LogP contribution is -2.23. The Morgan fingerprint density at radius 3 is 2.32 bits per heavy atom. The molecule has 6 heteroatoms. The van der Waals surface area contributed by atoms with Gasteiger partial charge in [0.15, 0.2) is 0 Å². The molecule has 0 aliphatic heterocycles. The molecular weight excluding hydrogens is 424 g/mol. The van der Waals surface area contributed by atoms with Crippen LogP contribution in [-0.4, -0.2) is 16.8 Å². The monoisotopic (exact) mass is 450 g/mol. The van der Waals surface area contributed by atoms with E-state index in [0.29, 0.717) is 36.5 Å². The summed E-state index contributed by atoms with van der Waals surface area (Å²) in [6, 6.07) is 28.9. The van der Waals surface area contributed by atoms with Gasteiger partial charge in [0.25, 0.3) is 5.91 Å². The minimum atomic E-state index is -0.237. The lowest BCUT2D eigenvalue weighted by molar-refractivity contribution is -0.121. The fourth-order valence-corrected chi connectivity index (χ4v) is 3.59. The van der Waals surface area contributed by atoms with Crippen molar-refractivity contribution in [3.63, 3.8) is 0 Å². The predicted molar refractivity (Wildman–Crippen MR) is 135 cm³/mol. The molecule has 4 aromatic rings. The third kappa shape index (κ3) is 6.29. The number of hydrogen-bond acceptors (Lipinski definition) is 4. The molecule has 0 spiro atoms. The molecule has 34 heavy (non-hydrogen) atoms. The van der Waals surface area contributed by atoms with Crippen LogP contribution in [0.15, 0.2) is 97.2 Å². The van der Waals surface area contributed by atoms with Crippen molar-refractivity contribution in [1.29, 1.82) is 0 Å². The Bertz CT molecular complexity index is 1270. The Balaban J connectivity index is 1.25. The summed E-state index contributed by atoms with van der Waals surface area (Å²) in [5.41, 5.74) is 11.1. The number of nitrogens with two attached hydrogens (primary N) is 1. The Labute approximate surface area is 198 Å². The normalized spacial score (nSPS) is 10.5. The molecule has 0 saturated heterocycles. The number of benzene rings is 3. The first-order valence-corrected chi connectivity index (χ1v) is 11.1. The molecule has 0 fully saturated rings. The summed E-state index contributed by atoms with van der Waals surface area (Å²) in [5.74, 6) is 0.0916. The molecule has 170 valence electrons. The van der Waals surface area contributed by atoms with Crippen molar-refractivity contribution in [2.75, 3.05) is 11.1 Å². The Hall–Kier alpha value is -4.45. The number of rotatable bonds is 8. The van der Waals surface area contributed by atoms with Crippen LogP contribution in [0.5, 0.6) is 0 Å². The summed E-state index contributed by atoms with van der Waals surface area (Å²) < 4.78 is 0. The fourth-order valence-electron chi connectivity index (χ4n) is 3.59. The van der Waals surface area contributed by atoms with Crippen LogP contribution in [0.1, 0.15) is 27.9 Å². The topological polar surface area (TPSA) is 97.1 Å². The van der Waals surface area contributed by atoms with Crippen LogP contribution in [0.25, 0.3) is 11.1 Å². The van der Waals surface area contributed by atoms with Gasteiger partial charge in [0.1, 0.15) is 5.82 Å². The average molecular weight is 451 g/mol. The van der Waals surface area contributed by atoms with Gasteiger partial charge in [-0.25, -0.2) is 4.98 Å². The van der Waals surface area contributed by atoms with Crippen LogP contribution in [-0.2, 0) is 17.8 Å². The Morgan fingerprint density at radius 2 is 1.56 bits per heavy atom. The van der Waals surface area contributed by atoms with Crippen molar-refractivity contribution < 1.29 is 9.59 Å². The number of aromatic nitrogens is 1. The van der Waals surface area contributed by atoms with E-state index in [9.17, 15) is 9.59 Å². The number of amides is 2. The van der Waals surface area contributed by atoms with E-state index < -0.39 is 0 Å². The number of nitrogens with one attached hydrogen (secondary N) is 2. The smallest absolute Gasteiger partial charge is 0.255 e. The zero-order chi connectivity index (χ0) is 23.8.